The molecule has 0 aliphatic heterocycles. The Morgan fingerprint density at radius 2 is 1.65 bits per heavy atom. The highest BCUT2D eigenvalue weighted by Crippen LogP contribution is 2.32. The number of benzene rings is 3. The number of carboxylic acids is 1. The van der Waals surface area contributed by atoms with E-state index in [-0.39, 0.29) is 12.7 Å². The third-order valence-corrected chi connectivity index (χ3v) is 5.90. The smallest absolute Gasteiger partial charge is 0.341 e. The van der Waals surface area contributed by atoms with Crippen LogP contribution in [0.2, 0.25) is 0 Å². The minimum Gasteiger partial charge on any atom is -0.482 e. The molecular formula is C29H29NO4. The van der Waals surface area contributed by atoms with Crippen molar-refractivity contribution < 1.29 is 19.5 Å². The van der Waals surface area contributed by atoms with Gasteiger partial charge in [0.2, 0.25) is 0 Å². The zero-order valence-corrected chi connectivity index (χ0v) is 19.3. The lowest BCUT2D eigenvalue weighted by atomic mass is 9.87. The van der Waals surface area contributed by atoms with Crippen LogP contribution in [0.5, 0.6) is 5.75 Å². The van der Waals surface area contributed by atoms with Crippen LogP contribution >= 0.6 is 0 Å². The maximum atomic E-state index is 10.8. The summed E-state index contributed by atoms with van der Waals surface area (Å²) in [4.78, 5) is 16.9. The SMILES string of the molecule is CC(CC=C1CCc2c(cccc2OCC(=O)O)C1)=NOC(c1ccccc1)c1ccccc1. The van der Waals surface area contributed by atoms with Crippen LogP contribution in [-0.4, -0.2) is 23.4 Å². The van der Waals surface area contributed by atoms with Crippen LogP contribution in [0.15, 0.2) is 95.7 Å². The van der Waals surface area contributed by atoms with Crippen LogP contribution in [-0.2, 0) is 22.5 Å². The molecule has 1 N–H and O–H groups in total. The molecule has 1 aliphatic rings. The van der Waals surface area contributed by atoms with Crippen molar-refractivity contribution in [2.75, 3.05) is 6.61 Å². The molecule has 3 aromatic rings. The molecule has 0 radical (unpaired) electrons. The summed E-state index contributed by atoms with van der Waals surface area (Å²) in [5, 5.41) is 13.4. The molecule has 0 aromatic heterocycles. The van der Waals surface area contributed by atoms with Crippen molar-refractivity contribution in [3.63, 3.8) is 0 Å². The highest BCUT2D eigenvalue weighted by molar-refractivity contribution is 5.82. The lowest BCUT2D eigenvalue weighted by Gasteiger charge is -2.21. The Balaban J connectivity index is 1.41. The van der Waals surface area contributed by atoms with E-state index in [1.165, 1.54) is 11.1 Å². The zero-order chi connectivity index (χ0) is 23.8. The number of carboxylic acid groups (broad SMARTS) is 1. The Bertz CT molecular complexity index is 1130. The fraction of sp³-hybridized carbons (Fsp3) is 0.241. The average molecular weight is 456 g/mol. The fourth-order valence-electron chi connectivity index (χ4n) is 4.17. The third kappa shape index (κ3) is 6.13. The molecular weight excluding hydrogens is 426 g/mol. The van der Waals surface area contributed by atoms with E-state index in [0.29, 0.717) is 5.75 Å². The van der Waals surface area contributed by atoms with E-state index in [1.54, 1.807) is 0 Å². The number of oxime groups is 1. The van der Waals surface area contributed by atoms with Gasteiger partial charge in [0.15, 0.2) is 12.7 Å². The van der Waals surface area contributed by atoms with E-state index < -0.39 is 5.97 Å². The summed E-state index contributed by atoms with van der Waals surface area (Å²) < 4.78 is 5.47. The second-order valence-corrected chi connectivity index (χ2v) is 8.45. The second-order valence-electron chi connectivity index (χ2n) is 8.45. The monoisotopic (exact) mass is 455 g/mol. The van der Waals surface area contributed by atoms with E-state index in [2.05, 4.69) is 41.6 Å². The van der Waals surface area contributed by atoms with Crippen molar-refractivity contribution in [3.8, 4) is 5.75 Å². The molecule has 0 heterocycles. The Morgan fingerprint density at radius 3 is 2.29 bits per heavy atom. The molecule has 0 fully saturated rings. The number of nitrogens with zero attached hydrogens (tertiary/aromatic N) is 1. The minimum atomic E-state index is -0.965. The molecule has 3 aromatic carbocycles. The molecule has 174 valence electrons. The third-order valence-electron chi connectivity index (χ3n) is 5.90. The molecule has 0 atom stereocenters. The van der Waals surface area contributed by atoms with Gasteiger partial charge in [0.05, 0.1) is 5.71 Å². The average Bonchev–Trinajstić information content (AvgIpc) is 2.87. The lowest BCUT2D eigenvalue weighted by molar-refractivity contribution is -0.139. The van der Waals surface area contributed by atoms with Gasteiger partial charge in [-0.15, -0.1) is 0 Å². The first-order chi connectivity index (χ1) is 16.6. The van der Waals surface area contributed by atoms with Crippen molar-refractivity contribution in [1.82, 2.24) is 0 Å². The van der Waals surface area contributed by atoms with Crippen molar-refractivity contribution in [1.29, 1.82) is 0 Å². The first-order valence-corrected chi connectivity index (χ1v) is 11.5. The summed E-state index contributed by atoms with van der Waals surface area (Å²) >= 11 is 0. The topological polar surface area (TPSA) is 68.1 Å². The van der Waals surface area contributed by atoms with E-state index >= 15 is 0 Å². The van der Waals surface area contributed by atoms with Gasteiger partial charge in [-0.3, -0.25) is 0 Å². The Kier molecular flexibility index (Phi) is 7.76. The van der Waals surface area contributed by atoms with Crippen LogP contribution in [0.3, 0.4) is 0 Å². The van der Waals surface area contributed by atoms with Gasteiger partial charge in [-0.25, -0.2) is 4.79 Å². The summed E-state index contributed by atoms with van der Waals surface area (Å²) in [5.41, 5.74) is 6.69. The Labute approximate surface area is 200 Å². The number of hydrogen-bond donors (Lipinski definition) is 1. The molecule has 4 rings (SSSR count). The number of rotatable bonds is 9. The highest BCUT2D eigenvalue weighted by Gasteiger charge is 2.18. The first kappa shape index (κ1) is 23.3. The number of hydrogen-bond acceptors (Lipinski definition) is 4. The summed E-state index contributed by atoms with van der Waals surface area (Å²) in [6.07, 6.45) is 5.30. The molecule has 5 heteroatoms. The molecule has 0 saturated heterocycles. The van der Waals surface area contributed by atoms with E-state index in [4.69, 9.17) is 14.7 Å². The zero-order valence-electron chi connectivity index (χ0n) is 19.3. The van der Waals surface area contributed by atoms with E-state index in [1.807, 2.05) is 55.5 Å². The normalized spacial score (nSPS) is 14.6. The molecule has 0 amide bonds. The number of carbonyl (C=O) groups is 1. The van der Waals surface area contributed by atoms with Crippen molar-refractivity contribution in [2.24, 2.45) is 5.16 Å². The number of allylic oxidation sites excluding steroid dienone is 2. The van der Waals surface area contributed by atoms with Crippen LogP contribution in [0.4, 0.5) is 0 Å². The molecule has 5 nitrogen and oxygen atoms in total. The Morgan fingerprint density at radius 1 is 0.971 bits per heavy atom. The van der Waals surface area contributed by atoms with Crippen LogP contribution in [0, 0.1) is 0 Å². The molecule has 1 aliphatic carbocycles. The van der Waals surface area contributed by atoms with Gasteiger partial charge in [0, 0.05) is 6.42 Å². The standard InChI is InChI=1S/C29H29NO4/c1-21(30-34-29(23-9-4-2-5-10-23)24-11-6-3-7-12-24)15-16-22-17-18-26-25(19-22)13-8-14-27(26)33-20-28(31)32/h2-14,16,29H,15,17-20H2,1H3,(H,31,32). The van der Waals surface area contributed by atoms with Crippen LogP contribution in [0.1, 0.15) is 48.1 Å². The largest absolute Gasteiger partial charge is 0.482 e. The predicted octanol–water partition coefficient (Wildman–Crippen LogP) is 6.14. The van der Waals surface area contributed by atoms with Gasteiger partial charge < -0.3 is 14.7 Å². The van der Waals surface area contributed by atoms with Crippen LogP contribution < -0.4 is 4.74 Å². The van der Waals surface area contributed by atoms with Gasteiger partial charge in [-0.2, -0.15) is 0 Å². The predicted molar refractivity (Wildman–Crippen MR) is 133 cm³/mol. The molecule has 0 bridgehead atoms. The molecule has 0 saturated carbocycles. The summed E-state index contributed by atoms with van der Waals surface area (Å²) in [7, 11) is 0. The summed E-state index contributed by atoms with van der Waals surface area (Å²) in [6.45, 7) is 1.67. The maximum absolute atomic E-state index is 10.8. The molecule has 34 heavy (non-hydrogen) atoms. The molecule has 0 unspecified atom stereocenters. The second kappa shape index (κ2) is 11.3. The van der Waals surface area contributed by atoms with Crippen molar-refractivity contribution in [2.45, 2.75) is 38.7 Å². The van der Waals surface area contributed by atoms with Gasteiger partial charge >= 0.3 is 5.97 Å². The fourth-order valence-corrected chi connectivity index (χ4v) is 4.17. The first-order valence-electron chi connectivity index (χ1n) is 11.5. The van der Waals surface area contributed by atoms with Gasteiger partial charge in [-0.05, 0) is 54.5 Å². The quantitative estimate of drug-likeness (QED) is 0.239. The van der Waals surface area contributed by atoms with Gasteiger partial charge in [-0.1, -0.05) is 89.6 Å². The lowest BCUT2D eigenvalue weighted by Crippen LogP contribution is -2.13. The minimum absolute atomic E-state index is 0.254. The van der Waals surface area contributed by atoms with Gasteiger partial charge in [0.1, 0.15) is 5.75 Å². The maximum Gasteiger partial charge on any atom is 0.341 e. The number of ether oxygens (including phenoxy) is 1. The van der Waals surface area contributed by atoms with E-state index in [0.717, 1.165) is 48.1 Å². The van der Waals surface area contributed by atoms with E-state index in [9.17, 15) is 4.79 Å². The number of aliphatic carboxylic acids is 1. The summed E-state index contributed by atoms with van der Waals surface area (Å²) in [5.74, 6) is -0.286. The van der Waals surface area contributed by atoms with Crippen molar-refractivity contribution in [3.05, 3.63) is 113 Å². The highest BCUT2D eigenvalue weighted by atomic mass is 16.6. The van der Waals surface area contributed by atoms with Crippen molar-refractivity contribution >= 4 is 11.7 Å². The molecule has 0 spiro atoms. The Hall–Kier alpha value is -3.86. The summed E-state index contributed by atoms with van der Waals surface area (Å²) in [6, 6.07) is 26.1. The number of fused-ring (bicyclic) bond motifs is 1. The van der Waals surface area contributed by atoms with Crippen LogP contribution in [0.25, 0.3) is 0 Å². The van der Waals surface area contributed by atoms with Gasteiger partial charge in [0.25, 0.3) is 0 Å².